The van der Waals surface area contributed by atoms with Gasteiger partial charge < -0.3 is 14.9 Å². The maximum absolute atomic E-state index is 13.7. The monoisotopic (exact) mass is 294 g/mol. The van der Waals surface area contributed by atoms with E-state index in [2.05, 4.69) is 10.2 Å². The third-order valence-electron chi connectivity index (χ3n) is 2.84. The molecule has 0 saturated heterocycles. The predicted molar refractivity (Wildman–Crippen MR) is 70.1 cm³/mol. The highest BCUT2D eigenvalue weighted by Crippen LogP contribution is 2.21. The zero-order valence-corrected chi connectivity index (χ0v) is 11.0. The molecule has 2 rings (SSSR count). The summed E-state index contributed by atoms with van der Waals surface area (Å²) in [6.07, 6.45) is 1.29. The van der Waals surface area contributed by atoms with Crippen LogP contribution in [0.5, 0.6) is 5.75 Å². The van der Waals surface area contributed by atoms with Crippen molar-refractivity contribution in [3.8, 4) is 5.75 Å². The third kappa shape index (κ3) is 3.19. The highest BCUT2D eigenvalue weighted by molar-refractivity contribution is 5.29. The fourth-order valence-electron chi connectivity index (χ4n) is 1.72. The van der Waals surface area contributed by atoms with Gasteiger partial charge in [-0.05, 0) is 22.6 Å². The predicted octanol–water partition coefficient (Wildman–Crippen LogP) is 2.31. The lowest BCUT2D eigenvalue weighted by Crippen LogP contribution is -2.05. The highest BCUT2D eigenvalue weighted by Gasteiger charge is 2.18. The van der Waals surface area contributed by atoms with Crippen molar-refractivity contribution in [2.45, 2.75) is 13.2 Å². The summed E-state index contributed by atoms with van der Waals surface area (Å²) in [6, 6.07) is 4.05. The van der Waals surface area contributed by atoms with Crippen LogP contribution >= 0.6 is 0 Å². The average Bonchev–Trinajstić information content (AvgIpc) is 2.80. The summed E-state index contributed by atoms with van der Waals surface area (Å²) in [5.41, 5.74) is 0.866. The van der Waals surface area contributed by atoms with Gasteiger partial charge in [0.05, 0.1) is 7.05 Å². The first-order valence-corrected chi connectivity index (χ1v) is 5.88. The van der Waals surface area contributed by atoms with Gasteiger partial charge in [-0.2, -0.15) is 4.91 Å². The van der Waals surface area contributed by atoms with Crippen molar-refractivity contribution in [3.63, 3.8) is 0 Å². The molecule has 0 bridgehead atoms. The molecule has 0 atom stereocenters. The Morgan fingerprint density at radius 1 is 1.52 bits per heavy atom. The minimum atomic E-state index is -0.632. The quantitative estimate of drug-likeness (QED) is 0.462. The number of hydrogen-bond acceptors (Lipinski definition) is 6. The van der Waals surface area contributed by atoms with Gasteiger partial charge in [0.2, 0.25) is 0 Å². The van der Waals surface area contributed by atoms with E-state index in [1.807, 2.05) is 0 Å². The Balaban J connectivity index is 2.09. The number of hydrogen-bond donors (Lipinski definition) is 0. The number of nitro groups is 1. The Hall–Kier alpha value is -2.84. The highest BCUT2D eigenvalue weighted by atomic mass is 19.1. The van der Waals surface area contributed by atoms with Gasteiger partial charge in [-0.3, -0.25) is 0 Å². The second-order valence-electron chi connectivity index (χ2n) is 4.21. The number of aromatic nitrogens is 2. The molecule has 0 unspecified atom stereocenters. The third-order valence-corrected chi connectivity index (χ3v) is 2.84. The second kappa shape index (κ2) is 6.07. The molecule has 0 fully saturated rings. The molecule has 0 saturated carbocycles. The lowest BCUT2D eigenvalue weighted by Gasteiger charge is -2.07. The first kappa shape index (κ1) is 14.6. The van der Waals surface area contributed by atoms with Crippen molar-refractivity contribution in [3.05, 3.63) is 56.5 Å². The molecule has 0 N–H and O–H groups in total. The molecule has 0 spiro atoms. The van der Waals surface area contributed by atoms with Crippen molar-refractivity contribution in [2.24, 2.45) is 12.2 Å². The van der Waals surface area contributed by atoms with Crippen molar-refractivity contribution in [1.82, 2.24) is 9.55 Å². The minimum absolute atomic E-state index is 0.0199. The molecule has 8 nitrogen and oxygen atoms in total. The molecule has 2 aromatic rings. The zero-order chi connectivity index (χ0) is 15.4. The Morgan fingerprint density at radius 2 is 2.29 bits per heavy atom. The molecule has 9 heteroatoms. The lowest BCUT2D eigenvalue weighted by atomic mass is 10.2. The van der Waals surface area contributed by atoms with Gasteiger partial charge in [0.1, 0.15) is 19.3 Å². The van der Waals surface area contributed by atoms with Crippen molar-refractivity contribution in [1.29, 1.82) is 0 Å². The van der Waals surface area contributed by atoms with Crippen LogP contribution in [0.2, 0.25) is 0 Å². The van der Waals surface area contributed by atoms with E-state index in [-0.39, 0.29) is 24.8 Å². The Labute approximate surface area is 118 Å². The fourth-order valence-corrected chi connectivity index (χ4v) is 1.72. The smallest absolute Gasteiger partial charge is 0.434 e. The number of imidazole rings is 1. The largest absolute Gasteiger partial charge is 0.483 e. The van der Waals surface area contributed by atoms with Crippen LogP contribution in [0, 0.1) is 20.8 Å². The van der Waals surface area contributed by atoms with Gasteiger partial charge >= 0.3 is 5.95 Å². The lowest BCUT2D eigenvalue weighted by molar-refractivity contribution is -0.396. The van der Waals surface area contributed by atoms with E-state index in [1.165, 1.54) is 29.9 Å². The molecule has 0 aliphatic heterocycles. The molecule has 1 aromatic carbocycles. The van der Waals surface area contributed by atoms with E-state index in [1.54, 1.807) is 0 Å². The van der Waals surface area contributed by atoms with Gasteiger partial charge in [-0.1, -0.05) is 16.2 Å². The Morgan fingerprint density at radius 3 is 2.86 bits per heavy atom. The van der Waals surface area contributed by atoms with E-state index in [0.717, 1.165) is 6.07 Å². The molecule has 0 aliphatic rings. The van der Waals surface area contributed by atoms with Crippen LogP contribution in [0.25, 0.3) is 0 Å². The number of benzene rings is 1. The molecule has 21 heavy (non-hydrogen) atoms. The topological polar surface area (TPSA) is 99.6 Å². The molecule has 1 heterocycles. The van der Waals surface area contributed by atoms with Gasteiger partial charge in [-0.25, -0.2) is 8.96 Å². The maximum atomic E-state index is 13.7. The minimum Gasteiger partial charge on any atom is -0.483 e. The summed E-state index contributed by atoms with van der Waals surface area (Å²) >= 11 is 0. The van der Waals surface area contributed by atoms with E-state index in [0.29, 0.717) is 11.3 Å². The summed E-state index contributed by atoms with van der Waals surface area (Å²) in [5.74, 6) is -0.970. The first-order chi connectivity index (χ1) is 10.0. The molecule has 1 aromatic heterocycles. The van der Waals surface area contributed by atoms with Crippen LogP contribution in [0.4, 0.5) is 10.3 Å². The molecular weight excluding hydrogens is 283 g/mol. The normalized spacial score (nSPS) is 10.4. The van der Waals surface area contributed by atoms with Crippen molar-refractivity contribution >= 4 is 5.95 Å². The number of ether oxygens (including phenoxy) is 1. The van der Waals surface area contributed by atoms with Crippen LogP contribution in [-0.2, 0) is 20.2 Å². The summed E-state index contributed by atoms with van der Waals surface area (Å²) in [5, 5.41) is 13.3. The molecule has 0 amide bonds. The van der Waals surface area contributed by atoms with Gasteiger partial charge in [0.25, 0.3) is 0 Å². The maximum Gasteiger partial charge on any atom is 0.434 e. The molecule has 0 aliphatic carbocycles. The van der Waals surface area contributed by atoms with E-state index < -0.39 is 10.7 Å². The van der Waals surface area contributed by atoms with Crippen LogP contribution < -0.4 is 4.74 Å². The molecule has 110 valence electrons. The molecule has 0 radical (unpaired) electrons. The van der Waals surface area contributed by atoms with E-state index >= 15 is 0 Å². The molecular formula is C12H11FN4O4. The summed E-state index contributed by atoms with van der Waals surface area (Å²) in [7, 11) is 1.47. The summed E-state index contributed by atoms with van der Waals surface area (Å²) in [4.78, 5) is 23.8. The van der Waals surface area contributed by atoms with E-state index in [4.69, 9.17) is 4.74 Å². The SMILES string of the molecule is Cn1c(COc2ccc(CN=O)cc2F)cnc1[N+](=O)[O-]. The number of nitrogens with zero attached hydrogens (tertiary/aromatic N) is 4. The van der Waals surface area contributed by atoms with Crippen LogP contribution in [0.15, 0.2) is 29.6 Å². The van der Waals surface area contributed by atoms with Crippen molar-refractivity contribution in [2.75, 3.05) is 0 Å². The van der Waals surface area contributed by atoms with Gasteiger partial charge in [-0.15, -0.1) is 0 Å². The Bertz CT molecular complexity index is 686. The fraction of sp³-hybridized carbons (Fsp3) is 0.250. The van der Waals surface area contributed by atoms with Crippen molar-refractivity contribution < 1.29 is 14.1 Å². The average molecular weight is 294 g/mol. The Kier molecular flexibility index (Phi) is 4.21. The summed E-state index contributed by atoms with van der Waals surface area (Å²) in [6.45, 7) is -0.190. The zero-order valence-electron chi connectivity index (χ0n) is 11.0. The number of halogens is 1. The van der Waals surface area contributed by atoms with Gasteiger partial charge in [0, 0.05) is 0 Å². The van der Waals surface area contributed by atoms with Crippen LogP contribution in [-0.4, -0.2) is 14.5 Å². The second-order valence-corrected chi connectivity index (χ2v) is 4.21. The van der Waals surface area contributed by atoms with Crippen LogP contribution in [0.3, 0.4) is 0 Å². The number of rotatable bonds is 6. The summed E-state index contributed by atoms with van der Waals surface area (Å²) < 4.78 is 20.2. The standard InChI is InChI=1S/C12H11FN4O4/c1-16-9(6-14-12(16)17(19)20)7-21-11-3-2-8(5-15-18)4-10(11)13/h2-4,6H,5,7H2,1H3. The van der Waals surface area contributed by atoms with E-state index in [9.17, 15) is 19.4 Å². The first-order valence-electron chi connectivity index (χ1n) is 5.88. The van der Waals surface area contributed by atoms with Crippen LogP contribution in [0.1, 0.15) is 11.3 Å². The number of nitroso groups, excluding NO2 is 1. The van der Waals surface area contributed by atoms with Gasteiger partial charge in [0.15, 0.2) is 17.3 Å².